The van der Waals surface area contributed by atoms with Crippen LogP contribution in [-0.2, 0) is 4.74 Å². The lowest BCUT2D eigenvalue weighted by atomic mass is 9.85. The van der Waals surface area contributed by atoms with Crippen LogP contribution in [0, 0.1) is 0 Å². The molecule has 13 heavy (non-hydrogen) atoms. The highest BCUT2D eigenvalue weighted by molar-refractivity contribution is 5.06. The van der Waals surface area contributed by atoms with Crippen molar-refractivity contribution in [3.05, 3.63) is 18.0 Å². The summed E-state index contributed by atoms with van der Waals surface area (Å²) in [4.78, 5) is 0. The average molecular weight is 180 g/mol. The van der Waals surface area contributed by atoms with Gasteiger partial charge in [-0.05, 0) is 31.7 Å². The average Bonchev–Trinajstić information content (AvgIpc) is 2.71. The van der Waals surface area contributed by atoms with Gasteiger partial charge in [0.2, 0.25) is 0 Å². The number of ether oxygens (including phenoxy) is 1. The Bertz CT molecular complexity index is 237. The number of rotatable bonds is 2. The van der Waals surface area contributed by atoms with Crippen molar-refractivity contribution < 1.29 is 4.74 Å². The minimum atomic E-state index is 0.485. The molecule has 1 N–H and O–H groups in total. The third-order valence-corrected chi connectivity index (χ3v) is 2.97. The molecule has 1 aromatic heterocycles. The van der Waals surface area contributed by atoms with Gasteiger partial charge in [-0.3, -0.25) is 5.10 Å². The van der Waals surface area contributed by atoms with E-state index in [0.29, 0.717) is 12.0 Å². The summed E-state index contributed by atoms with van der Waals surface area (Å²) in [5, 5.41) is 7.03. The summed E-state index contributed by atoms with van der Waals surface area (Å²) >= 11 is 0. The van der Waals surface area contributed by atoms with Gasteiger partial charge in [-0.2, -0.15) is 5.10 Å². The maximum Gasteiger partial charge on any atom is 0.0571 e. The fraction of sp³-hybridized carbons (Fsp3) is 0.700. The van der Waals surface area contributed by atoms with Gasteiger partial charge in [0.05, 0.1) is 6.10 Å². The molecule has 0 aliphatic heterocycles. The third-order valence-electron chi connectivity index (χ3n) is 2.97. The van der Waals surface area contributed by atoms with Crippen molar-refractivity contribution in [1.29, 1.82) is 0 Å². The summed E-state index contributed by atoms with van der Waals surface area (Å²) in [7, 11) is 1.81. The Kier molecular flexibility index (Phi) is 2.64. The number of nitrogens with one attached hydrogen (secondary N) is 1. The molecule has 1 aromatic rings. The molecule has 2 rings (SSSR count). The molecule has 0 radical (unpaired) electrons. The molecule has 0 aromatic carbocycles. The highest BCUT2D eigenvalue weighted by Crippen LogP contribution is 2.32. The molecule has 3 heteroatoms. The standard InChI is InChI=1S/C10H16N2O/c1-13-9-4-2-8(3-5-9)10-6-7-11-12-10/h6-9H,2-5H2,1H3,(H,11,12). The lowest BCUT2D eigenvalue weighted by Gasteiger charge is -2.26. The van der Waals surface area contributed by atoms with Gasteiger partial charge in [0.15, 0.2) is 0 Å². The first-order valence-corrected chi connectivity index (χ1v) is 4.92. The predicted octanol–water partition coefficient (Wildman–Crippen LogP) is 2.08. The number of methoxy groups -OCH3 is 1. The lowest BCUT2D eigenvalue weighted by Crippen LogP contribution is -2.19. The molecule has 0 spiro atoms. The van der Waals surface area contributed by atoms with Crippen molar-refractivity contribution in [2.45, 2.75) is 37.7 Å². The number of aromatic amines is 1. The zero-order chi connectivity index (χ0) is 9.10. The van der Waals surface area contributed by atoms with Gasteiger partial charge in [0.25, 0.3) is 0 Å². The Hall–Kier alpha value is -0.830. The largest absolute Gasteiger partial charge is 0.381 e. The van der Waals surface area contributed by atoms with Crippen LogP contribution in [-0.4, -0.2) is 23.4 Å². The quantitative estimate of drug-likeness (QED) is 0.756. The predicted molar refractivity (Wildman–Crippen MR) is 50.6 cm³/mol. The fourth-order valence-corrected chi connectivity index (χ4v) is 2.10. The maximum atomic E-state index is 5.33. The molecule has 1 heterocycles. The SMILES string of the molecule is COC1CCC(c2ccn[nH]2)CC1. The Morgan fingerprint density at radius 1 is 1.38 bits per heavy atom. The first-order chi connectivity index (χ1) is 6.40. The third kappa shape index (κ3) is 1.91. The summed E-state index contributed by atoms with van der Waals surface area (Å²) in [6.45, 7) is 0. The molecule has 0 atom stereocenters. The molecular weight excluding hydrogens is 164 g/mol. The van der Waals surface area contributed by atoms with Crippen LogP contribution in [0.1, 0.15) is 37.3 Å². The van der Waals surface area contributed by atoms with Gasteiger partial charge in [-0.1, -0.05) is 0 Å². The normalized spacial score (nSPS) is 29.0. The number of hydrogen-bond donors (Lipinski definition) is 1. The van der Waals surface area contributed by atoms with E-state index in [2.05, 4.69) is 16.3 Å². The maximum absolute atomic E-state index is 5.33. The van der Waals surface area contributed by atoms with E-state index < -0.39 is 0 Å². The molecule has 0 saturated heterocycles. The van der Waals surface area contributed by atoms with E-state index in [1.165, 1.54) is 31.4 Å². The molecule has 0 amide bonds. The summed E-state index contributed by atoms with van der Waals surface area (Å²) < 4.78 is 5.33. The van der Waals surface area contributed by atoms with Crippen LogP contribution >= 0.6 is 0 Å². The van der Waals surface area contributed by atoms with Gasteiger partial charge in [-0.15, -0.1) is 0 Å². The highest BCUT2D eigenvalue weighted by Gasteiger charge is 2.22. The van der Waals surface area contributed by atoms with Crippen LogP contribution in [0.3, 0.4) is 0 Å². The number of nitrogens with zero attached hydrogens (tertiary/aromatic N) is 1. The highest BCUT2D eigenvalue weighted by atomic mass is 16.5. The summed E-state index contributed by atoms with van der Waals surface area (Å²) in [6.07, 6.45) is 7.12. The van der Waals surface area contributed by atoms with Crippen molar-refractivity contribution in [1.82, 2.24) is 10.2 Å². The van der Waals surface area contributed by atoms with Crippen molar-refractivity contribution in [2.75, 3.05) is 7.11 Å². The van der Waals surface area contributed by atoms with Gasteiger partial charge in [-0.25, -0.2) is 0 Å². The Labute approximate surface area is 78.5 Å². The molecule has 1 aliphatic rings. The van der Waals surface area contributed by atoms with E-state index in [1.807, 2.05) is 6.20 Å². The zero-order valence-corrected chi connectivity index (χ0v) is 7.99. The van der Waals surface area contributed by atoms with Gasteiger partial charge in [0.1, 0.15) is 0 Å². The summed E-state index contributed by atoms with van der Waals surface area (Å²) in [6, 6.07) is 2.08. The molecule has 72 valence electrons. The van der Waals surface area contributed by atoms with E-state index in [0.717, 1.165) is 0 Å². The number of aromatic nitrogens is 2. The Balaban J connectivity index is 1.92. The summed E-state index contributed by atoms with van der Waals surface area (Å²) in [5.41, 5.74) is 1.29. The van der Waals surface area contributed by atoms with E-state index in [-0.39, 0.29) is 0 Å². The number of H-pyrrole nitrogens is 1. The van der Waals surface area contributed by atoms with Crippen LogP contribution < -0.4 is 0 Å². The Morgan fingerprint density at radius 3 is 2.69 bits per heavy atom. The van der Waals surface area contributed by atoms with E-state index in [4.69, 9.17) is 4.74 Å². The second-order valence-electron chi connectivity index (χ2n) is 3.72. The first-order valence-electron chi connectivity index (χ1n) is 4.92. The molecule has 0 unspecified atom stereocenters. The molecule has 3 nitrogen and oxygen atoms in total. The molecule has 1 aliphatic carbocycles. The van der Waals surface area contributed by atoms with Crippen molar-refractivity contribution in [3.8, 4) is 0 Å². The second-order valence-corrected chi connectivity index (χ2v) is 3.72. The molecule has 1 saturated carbocycles. The minimum absolute atomic E-state index is 0.485. The first kappa shape index (κ1) is 8.75. The smallest absolute Gasteiger partial charge is 0.0571 e. The van der Waals surface area contributed by atoms with Crippen molar-refractivity contribution in [2.24, 2.45) is 0 Å². The van der Waals surface area contributed by atoms with Crippen LogP contribution in [0.15, 0.2) is 12.3 Å². The topological polar surface area (TPSA) is 37.9 Å². The van der Waals surface area contributed by atoms with Crippen LogP contribution in [0.25, 0.3) is 0 Å². The van der Waals surface area contributed by atoms with Gasteiger partial charge >= 0.3 is 0 Å². The number of hydrogen-bond acceptors (Lipinski definition) is 2. The fourth-order valence-electron chi connectivity index (χ4n) is 2.10. The monoisotopic (exact) mass is 180 g/mol. The van der Waals surface area contributed by atoms with Crippen LogP contribution in [0.5, 0.6) is 0 Å². The molecular formula is C10H16N2O. The Morgan fingerprint density at radius 2 is 2.15 bits per heavy atom. The van der Waals surface area contributed by atoms with Crippen molar-refractivity contribution in [3.63, 3.8) is 0 Å². The second kappa shape index (κ2) is 3.92. The molecule has 0 bridgehead atoms. The van der Waals surface area contributed by atoms with Crippen LogP contribution in [0.4, 0.5) is 0 Å². The van der Waals surface area contributed by atoms with E-state index in [9.17, 15) is 0 Å². The lowest BCUT2D eigenvalue weighted by molar-refractivity contribution is 0.0655. The van der Waals surface area contributed by atoms with E-state index in [1.54, 1.807) is 7.11 Å². The zero-order valence-electron chi connectivity index (χ0n) is 7.99. The minimum Gasteiger partial charge on any atom is -0.381 e. The van der Waals surface area contributed by atoms with E-state index >= 15 is 0 Å². The van der Waals surface area contributed by atoms with Gasteiger partial charge in [0, 0.05) is 24.9 Å². The van der Waals surface area contributed by atoms with Crippen LogP contribution in [0.2, 0.25) is 0 Å². The van der Waals surface area contributed by atoms with Crippen molar-refractivity contribution >= 4 is 0 Å². The molecule has 1 fully saturated rings. The van der Waals surface area contributed by atoms with Gasteiger partial charge < -0.3 is 4.74 Å². The summed E-state index contributed by atoms with van der Waals surface area (Å²) in [5.74, 6) is 0.675.